The molecule has 0 aromatic carbocycles. The van der Waals surface area contributed by atoms with Crippen LogP contribution in [-0.4, -0.2) is 19.6 Å². The molecule has 0 unspecified atom stereocenters. The van der Waals surface area contributed by atoms with E-state index in [0.29, 0.717) is 29.1 Å². The Balaban J connectivity index is 1.55. The zero-order chi connectivity index (χ0) is 15.1. The van der Waals surface area contributed by atoms with E-state index in [1.165, 1.54) is 24.6 Å². The fourth-order valence-corrected chi connectivity index (χ4v) is 2.60. The van der Waals surface area contributed by atoms with Crippen LogP contribution in [0, 0.1) is 0 Å². The van der Waals surface area contributed by atoms with Crippen LogP contribution in [0.2, 0.25) is 5.15 Å². The lowest BCUT2D eigenvalue weighted by Gasteiger charge is -2.06. The van der Waals surface area contributed by atoms with E-state index in [9.17, 15) is 0 Å². The van der Waals surface area contributed by atoms with Crippen molar-refractivity contribution in [1.82, 2.24) is 19.6 Å². The molecule has 1 saturated carbocycles. The molecule has 4 rings (SSSR count). The van der Waals surface area contributed by atoms with Crippen molar-refractivity contribution >= 4 is 28.6 Å². The molecule has 112 valence electrons. The Morgan fingerprint density at radius 2 is 2.23 bits per heavy atom. The van der Waals surface area contributed by atoms with Gasteiger partial charge in [-0.15, -0.1) is 5.10 Å². The molecule has 1 aliphatic carbocycles. The first-order chi connectivity index (χ1) is 10.7. The first-order valence-electron chi connectivity index (χ1n) is 7.19. The van der Waals surface area contributed by atoms with Crippen molar-refractivity contribution in [3.63, 3.8) is 0 Å². The SMILES string of the molecule is Nc1cnc(Cl)cc1NCc1nc2ccc(C3CC3)cn2n1. The monoisotopic (exact) mass is 314 g/mol. The number of nitrogens with one attached hydrogen (secondary N) is 1. The van der Waals surface area contributed by atoms with Crippen LogP contribution in [0.25, 0.3) is 5.65 Å². The van der Waals surface area contributed by atoms with Crippen LogP contribution in [-0.2, 0) is 6.54 Å². The smallest absolute Gasteiger partial charge is 0.170 e. The van der Waals surface area contributed by atoms with Crippen molar-refractivity contribution in [1.29, 1.82) is 0 Å². The minimum atomic E-state index is 0.397. The average Bonchev–Trinajstić information content (AvgIpc) is 3.28. The van der Waals surface area contributed by atoms with E-state index >= 15 is 0 Å². The number of pyridine rings is 2. The van der Waals surface area contributed by atoms with Crippen molar-refractivity contribution in [3.05, 3.63) is 47.1 Å². The molecule has 0 radical (unpaired) electrons. The summed E-state index contributed by atoms with van der Waals surface area (Å²) in [5, 5.41) is 8.09. The second kappa shape index (κ2) is 5.14. The first-order valence-corrected chi connectivity index (χ1v) is 7.57. The fraction of sp³-hybridized carbons (Fsp3) is 0.267. The third-order valence-electron chi connectivity index (χ3n) is 3.78. The van der Waals surface area contributed by atoms with Crippen molar-refractivity contribution in [2.45, 2.75) is 25.3 Å². The number of nitrogens with zero attached hydrogens (tertiary/aromatic N) is 4. The lowest BCUT2D eigenvalue weighted by Crippen LogP contribution is -2.04. The van der Waals surface area contributed by atoms with Gasteiger partial charge in [-0.2, -0.15) is 0 Å². The van der Waals surface area contributed by atoms with Gasteiger partial charge in [0, 0.05) is 12.3 Å². The zero-order valence-electron chi connectivity index (χ0n) is 11.8. The molecule has 0 bridgehead atoms. The van der Waals surface area contributed by atoms with Gasteiger partial charge in [0.15, 0.2) is 11.5 Å². The van der Waals surface area contributed by atoms with E-state index in [2.05, 4.69) is 32.6 Å². The molecule has 0 aliphatic heterocycles. The van der Waals surface area contributed by atoms with Gasteiger partial charge in [0.25, 0.3) is 0 Å². The zero-order valence-corrected chi connectivity index (χ0v) is 12.6. The van der Waals surface area contributed by atoms with E-state index < -0.39 is 0 Å². The quantitative estimate of drug-likeness (QED) is 0.724. The second-order valence-corrected chi connectivity index (χ2v) is 5.90. The number of hydrogen-bond acceptors (Lipinski definition) is 5. The van der Waals surface area contributed by atoms with Crippen LogP contribution in [0.3, 0.4) is 0 Å². The fourth-order valence-electron chi connectivity index (χ4n) is 2.45. The maximum Gasteiger partial charge on any atom is 0.170 e. The minimum absolute atomic E-state index is 0.397. The van der Waals surface area contributed by atoms with Gasteiger partial charge in [-0.3, -0.25) is 0 Å². The summed E-state index contributed by atoms with van der Waals surface area (Å²) >= 11 is 5.87. The van der Waals surface area contributed by atoms with Gasteiger partial charge in [0.05, 0.1) is 24.1 Å². The largest absolute Gasteiger partial charge is 0.396 e. The molecule has 7 heteroatoms. The molecule has 1 aliphatic rings. The van der Waals surface area contributed by atoms with E-state index in [1.54, 1.807) is 6.07 Å². The molecule has 3 N–H and O–H groups in total. The van der Waals surface area contributed by atoms with Crippen LogP contribution >= 0.6 is 11.6 Å². The molecular weight excluding hydrogens is 300 g/mol. The standard InChI is InChI=1S/C15H15ClN6/c16-13-5-12(11(17)6-19-13)18-7-14-20-15-4-3-10(9-1-2-9)8-22(15)21-14/h3-6,8-9H,1-2,7,17H2,(H,18,19). The Kier molecular flexibility index (Phi) is 3.11. The first kappa shape index (κ1) is 13.3. The number of anilines is 2. The number of aromatic nitrogens is 4. The molecule has 1 fully saturated rings. The Morgan fingerprint density at radius 3 is 3.05 bits per heavy atom. The molecule has 0 atom stereocenters. The third kappa shape index (κ3) is 2.57. The number of hydrogen-bond donors (Lipinski definition) is 2. The Morgan fingerprint density at radius 1 is 1.36 bits per heavy atom. The van der Waals surface area contributed by atoms with E-state index in [1.807, 2.05) is 10.6 Å². The van der Waals surface area contributed by atoms with Crippen molar-refractivity contribution in [2.24, 2.45) is 0 Å². The number of halogens is 1. The second-order valence-electron chi connectivity index (χ2n) is 5.52. The van der Waals surface area contributed by atoms with Crippen molar-refractivity contribution in [3.8, 4) is 0 Å². The molecule has 0 amide bonds. The van der Waals surface area contributed by atoms with Crippen LogP contribution in [0.5, 0.6) is 0 Å². The summed E-state index contributed by atoms with van der Waals surface area (Å²) in [4.78, 5) is 8.43. The highest BCUT2D eigenvalue weighted by atomic mass is 35.5. The maximum atomic E-state index is 5.87. The maximum absolute atomic E-state index is 5.87. The highest BCUT2D eigenvalue weighted by Gasteiger charge is 2.23. The van der Waals surface area contributed by atoms with E-state index in [4.69, 9.17) is 17.3 Å². The van der Waals surface area contributed by atoms with E-state index in [-0.39, 0.29) is 0 Å². The molecule has 3 aromatic heterocycles. The summed E-state index contributed by atoms with van der Waals surface area (Å²) in [7, 11) is 0. The summed E-state index contributed by atoms with van der Waals surface area (Å²) in [6.45, 7) is 0.477. The number of rotatable bonds is 4. The van der Waals surface area contributed by atoms with Crippen LogP contribution in [0.4, 0.5) is 11.4 Å². The van der Waals surface area contributed by atoms with Gasteiger partial charge in [0.1, 0.15) is 5.15 Å². The van der Waals surface area contributed by atoms with Gasteiger partial charge < -0.3 is 11.1 Å². The molecule has 3 aromatic rings. The predicted octanol–water partition coefficient (Wildman–Crippen LogP) is 2.85. The minimum Gasteiger partial charge on any atom is -0.396 e. The normalized spacial score (nSPS) is 14.4. The third-order valence-corrected chi connectivity index (χ3v) is 3.99. The van der Waals surface area contributed by atoms with Gasteiger partial charge in [-0.25, -0.2) is 14.5 Å². The molecular formula is C15H15ClN6. The average molecular weight is 315 g/mol. The summed E-state index contributed by atoms with van der Waals surface area (Å²) in [6, 6.07) is 5.85. The van der Waals surface area contributed by atoms with Gasteiger partial charge >= 0.3 is 0 Å². The van der Waals surface area contributed by atoms with Crippen LogP contribution in [0.15, 0.2) is 30.6 Å². The summed E-state index contributed by atoms with van der Waals surface area (Å²) < 4.78 is 1.84. The highest BCUT2D eigenvalue weighted by Crippen LogP contribution is 2.39. The molecule has 22 heavy (non-hydrogen) atoms. The number of nitrogen functional groups attached to an aromatic ring is 1. The molecule has 0 spiro atoms. The Labute approximate surface area is 132 Å². The summed E-state index contributed by atoms with van der Waals surface area (Å²) in [5.74, 6) is 1.41. The summed E-state index contributed by atoms with van der Waals surface area (Å²) in [6.07, 6.45) is 6.15. The topological polar surface area (TPSA) is 81.1 Å². The Hall–Kier alpha value is -2.34. The van der Waals surface area contributed by atoms with Crippen molar-refractivity contribution in [2.75, 3.05) is 11.1 Å². The van der Waals surface area contributed by atoms with E-state index in [0.717, 1.165) is 11.3 Å². The summed E-state index contributed by atoms with van der Waals surface area (Å²) in [5.41, 5.74) is 9.32. The van der Waals surface area contributed by atoms with Gasteiger partial charge in [0.2, 0.25) is 0 Å². The lowest BCUT2D eigenvalue weighted by atomic mass is 10.2. The van der Waals surface area contributed by atoms with Gasteiger partial charge in [-0.1, -0.05) is 17.7 Å². The predicted molar refractivity (Wildman–Crippen MR) is 85.9 cm³/mol. The number of fused-ring (bicyclic) bond motifs is 1. The van der Waals surface area contributed by atoms with Crippen LogP contribution in [0.1, 0.15) is 30.1 Å². The Bertz CT molecular complexity index is 839. The lowest BCUT2D eigenvalue weighted by molar-refractivity contribution is 0.879. The van der Waals surface area contributed by atoms with Crippen molar-refractivity contribution < 1.29 is 0 Å². The van der Waals surface area contributed by atoms with Crippen LogP contribution < -0.4 is 11.1 Å². The number of nitrogens with two attached hydrogens (primary N) is 1. The highest BCUT2D eigenvalue weighted by molar-refractivity contribution is 6.29. The molecule has 6 nitrogen and oxygen atoms in total. The molecule has 3 heterocycles. The van der Waals surface area contributed by atoms with Gasteiger partial charge in [-0.05, 0) is 30.4 Å². The molecule has 0 saturated heterocycles.